The number of hydrogen-bond acceptors (Lipinski definition) is 21. The van der Waals surface area contributed by atoms with Gasteiger partial charge in [-0.1, -0.05) is 78.9 Å². The number of carbonyl (C=O) groups excluding carboxylic acids is 1. The van der Waals surface area contributed by atoms with E-state index in [0.717, 1.165) is 113 Å². The van der Waals surface area contributed by atoms with Gasteiger partial charge < -0.3 is 31.3 Å². The second kappa shape index (κ2) is 69.1. The number of anilines is 5. The lowest BCUT2D eigenvalue weighted by molar-refractivity contribution is 0.102. The predicted molar refractivity (Wildman–Crippen MR) is 634 cm³/mol. The Hall–Kier alpha value is -13.9. The van der Waals surface area contributed by atoms with E-state index in [0.29, 0.717) is 72.5 Å². The fourth-order valence-electron chi connectivity index (χ4n) is 12.1. The number of nitrogens with one attached hydrogen (secondary N) is 4. The second-order valence-electron chi connectivity index (χ2n) is 38.9. The summed E-state index contributed by atoms with van der Waals surface area (Å²) in [6.45, 7) is 59.2. The molecule has 768 valence electrons. The van der Waals surface area contributed by atoms with Crippen molar-refractivity contribution < 1.29 is 9.90 Å². The quantitative estimate of drug-likeness (QED) is 0.0232. The molecule has 1 heterocycles. The van der Waals surface area contributed by atoms with Crippen LogP contribution in [0.4, 0.5) is 28.4 Å². The Morgan fingerprint density at radius 1 is 0.278 bits per heavy atom. The van der Waals surface area contributed by atoms with Gasteiger partial charge in [0.15, 0.2) is 0 Å². The minimum Gasteiger partial charge on any atom is -0.395 e. The summed E-state index contributed by atoms with van der Waals surface area (Å²) in [5.74, 6) is -0.134. The van der Waals surface area contributed by atoms with E-state index in [1.54, 1.807) is 24.5 Å². The standard InChI is InChI=1S/C21H25N3O.C21H27N3.C20H24N2.C16H25N3O.C16H25N3.C15H23N3.C13H19N3/c1-15(2)22-13-17-10-18(14-23-16(3)4)12-20(11-17)24-21(25)19-8-6-5-7-9-19;1-16(2)22-14-19-10-20(15-23-17(3)4)12-21(11-19)24-13-18-8-6-5-7-9-18;1-15(2)21-13-17-10-18(14-22-16(3)4)12-20(11-17)19-8-6-5-7-9-19;1-12(2)18-10-14-7-15(11-19-13(3)4)9-16(8-14)17-5-6-20;1-12(2)17-10-14-7-15(11-18-13(3)4)9-16(8-14)19(5)6;1-11(2)17-9-13-6-14(10-18-12(3)4)8-15(7-13)16-5;1-10(2)15-8-12-5-13(7-14-6-12)9-16-11(3)4/h5-16H,1-4H3,(H,24,25);5-12,14-17,24H,13H2,1-4H3;5-16H,1-4H3;7-13,17,20H,5-6H2,1-4H3;7-13H,1-6H3;6-12,16H,1-5H3;5-11H,1-4H3. The van der Waals surface area contributed by atoms with E-state index < -0.39 is 0 Å². The van der Waals surface area contributed by atoms with E-state index in [4.69, 9.17) is 5.11 Å². The van der Waals surface area contributed by atoms with E-state index in [1.807, 2.05) is 258 Å². The van der Waals surface area contributed by atoms with Gasteiger partial charge in [0.25, 0.3) is 5.91 Å². The number of aliphatic imine (C=N–C) groups is 14. The number of rotatable bonds is 39. The van der Waals surface area contributed by atoms with Gasteiger partial charge in [-0.15, -0.1) is 0 Å². The van der Waals surface area contributed by atoms with Gasteiger partial charge in [-0.2, -0.15) is 0 Å². The number of nitrogens with zero attached hydrogens (tertiary/aromatic N) is 16. The van der Waals surface area contributed by atoms with Crippen molar-refractivity contribution in [1.29, 1.82) is 0 Å². The highest BCUT2D eigenvalue weighted by atomic mass is 16.3. The molecule has 1 aromatic heterocycles. The van der Waals surface area contributed by atoms with Gasteiger partial charge in [-0.3, -0.25) is 79.7 Å². The SMILES string of the molecule is CC(C)N=Cc1cc(C=NC(C)C)cc(-c2ccccc2)c1.CC(C)N=Cc1cc(C=NC(C)C)cc(N(C)C)c1.CC(C)N=Cc1cc(C=NC(C)C)cc(NC(=O)c2ccccc2)c1.CC(C)N=Cc1cc(C=NC(C)C)cc(NCCO)c1.CC(C)N=Cc1cc(C=NC(C)C)cc(NCc2ccccc2)c1.CC(C)N=Cc1cncc(C=NC(C)C)c1.CNc1cc(C=NC(C)C)cc(C=NC(C)C)c1. The van der Waals surface area contributed by atoms with E-state index in [1.165, 1.54) is 16.7 Å². The third kappa shape index (κ3) is 57.9. The van der Waals surface area contributed by atoms with Crippen LogP contribution in [-0.4, -0.2) is 222 Å². The van der Waals surface area contributed by atoms with Crippen molar-refractivity contribution in [3.05, 3.63) is 308 Å². The van der Waals surface area contributed by atoms with Crippen molar-refractivity contribution in [1.82, 2.24) is 4.98 Å². The third-order valence-corrected chi connectivity index (χ3v) is 18.9. The summed E-state index contributed by atoms with van der Waals surface area (Å²) in [6.07, 6.45) is 30.2. The molecule has 9 aromatic carbocycles. The van der Waals surface area contributed by atoms with Crippen molar-refractivity contribution in [2.75, 3.05) is 60.5 Å². The first kappa shape index (κ1) is 122. The third-order valence-electron chi connectivity index (χ3n) is 18.9. The molecule has 0 aliphatic carbocycles. The molecule has 0 saturated carbocycles. The summed E-state index contributed by atoms with van der Waals surface area (Å²) in [5.41, 5.74) is 24.1. The topological polar surface area (TPSA) is 275 Å². The van der Waals surface area contributed by atoms with Crippen LogP contribution in [0.25, 0.3) is 11.1 Å². The van der Waals surface area contributed by atoms with E-state index in [9.17, 15) is 4.79 Å². The second-order valence-corrected chi connectivity index (χ2v) is 38.9. The van der Waals surface area contributed by atoms with Crippen molar-refractivity contribution >= 4 is 121 Å². The summed E-state index contributed by atoms with van der Waals surface area (Å²) < 4.78 is 0. The van der Waals surface area contributed by atoms with Crippen molar-refractivity contribution in [2.24, 2.45) is 69.9 Å². The van der Waals surface area contributed by atoms with Crippen LogP contribution in [0.5, 0.6) is 0 Å². The van der Waals surface area contributed by atoms with Gasteiger partial charge in [-0.25, -0.2) is 0 Å². The molecule has 5 N–H and O–H groups in total. The van der Waals surface area contributed by atoms with Crippen LogP contribution in [0.3, 0.4) is 0 Å². The molecular weight excluding hydrogens is 1780 g/mol. The molecule has 0 atom stereocenters. The van der Waals surface area contributed by atoms with Gasteiger partial charge in [0.1, 0.15) is 0 Å². The predicted octanol–water partition coefficient (Wildman–Crippen LogP) is 26.8. The summed E-state index contributed by atoms with van der Waals surface area (Å²) in [4.78, 5) is 80.6. The maximum atomic E-state index is 12.4. The van der Waals surface area contributed by atoms with Gasteiger partial charge in [0.05, 0.1) is 6.61 Å². The number of aliphatic hydroxyl groups is 1. The molecule has 22 heteroatoms. The molecule has 22 nitrogen and oxygen atoms in total. The van der Waals surface area contributed by atoms with Crippen LogP contribution in [0, 0.1) is 0 Å². The largest absolute Gasteiger partial charge is 0.395 e. The highest BCUT2D eigenvalue weighted by Crippen LogP contribution is 2.25. The molecular formula is C122H168N20O2. The highest BCUT2D eigenvalue weighted by Gasteiger charge is 2.11. The highest BCUT2D eigenvalue weighted by molar-refractivity contribution is 6.05. The zero-order chi connectivity index (χ0) is 106. The van der Waals surface area contributed by atoms with Crippen molar-refractivity contribution in [2.45, 2.75) is 285 Å². The lowest BCUT2D eigenvalue weighted by atomic mass is 10.0. The molecule has 0 unspecified atom stereocenters. The number of benzene rings is 9. The fraction of sp³-hybridized carbons (Fsp3) is 0.393. The summed E-state index contributed by atoms with van der Waals surface area (Å²) in [7, 11) is 6.01. The molecule has 0 radical (unpaired) electrons. The normalized spacial score (nSPS) is 12.1. The van der Waals surface area contributed by atoms with Gasteiger partial charge in [0.2, 0.25) is 0 Å². The Labute approximate surface area is 865 Å². The first-order valence-electron chi connectivity index (χ1n) is 50.7. The van der Waals surface area contributed by atoms with Crippen molar-refractivity contribution in [3.63, 3.8) is 0 Å². The minimum atomic E-state index is -0.134. The molecule has 0 saturated heterocycles. The zero-order valence-electron chi connectivity index (χ0n) is 92.1. The molecule has 0 aliphatic rings. The van der Waals surface area contributed by atoms with Crippen LogP contribution < -0.4 is 26.2 Å². The molecule has 0 fully saturated rings. The number of pyridine rings is 1. The molecule has 0 bridgehead atoms. The van der Waals surface area contributed by atoms with Crippen LogP contribution in [0.1, 0.15) is 288 Å². The van der Waals surface area contributed by atoms with Crippen LogP contribution >= 0.6 is 0 Å². The summed E-state index contributed by atoms with van der Waals surface area (Å²) in [6, 6.07) is 73.5. The van der Waals surface area contributed by atoms with Crippen LogP contribution in [-0.2, 0) is 6.54 Å². The van der Waals surface area contributed by atoms with Gasteiger partial charge >= 0.3 is 0 Å². The Morgan fingerprint density at radius 3 is 0.771 bits per heavy atom. The summed E-state index contributed by atoms with van der Waals surface area (Å²) >= 11 is 0. The molecule has 0 spiro atoms. The molecule has 144 heavy (non-hydrogen) atoms. The smallest absolute Gasteiger partial charge is 0.255 e. The first-order chi connectivity index (χ1) is 68.5. The lowest BCUT2D eigenvalue weighted by Crippen LogP contribution is -2.12. The van der Waals surface area contributed by atoms with Crippen molar-refractivity contribution in [3.8, 4) is 11.1 Å². The number of aliphatic hydroxyl groups excluding tert-OH is 1. The molecule has 1 amide bonds. The number of aromatic nitrogens is 1. The molecule has 10 aromatic rings. The minimum absolute atomic E-state index is 0.111. The first-order valence-corrected chi connectivity index (χ1v) is 50.7. The number of carbonyl (C=O) groups is 1. The molecule has 0 aliphatic heterocycles. The Bertz CT molecular complexity index is 5550. The van der Waals surface area contributed by atoms with E-state index in [2.05, 4.69) is 339 Å². The Kier molecular flexibility index (Phi) is 58.8. The summed E-state index contributed by atoms with van der Waals surface area (Å²) in [5, 5.41) is 21.7. The fourth-order valence-corrected chi connectivity index (χ4v) is 12.1. The van der Waals surface area contributed by atoms with E-state index >= 15 is 0 Å². The lowest BCUT2D eigenvalue weighted by Gasteiger charge is -2.14. The van der Waals surface area contributed by atoms with Crippen LogP contribution in [0.2, 0.25) is 0 Å². The van der Waals surface area contributed by atoms with Gasteiger partial charge in [0, 0.05) is 263 Å². The maximum absolute atomic E-state index is 12.4. The van der Waals surface area contributed by atoms with Gasteiger partial charge in [-0.05, 0) is 405 Å². The zero-order valence-corrected chi connectivity index (χ0v) is 92.1. The average Bonchev–Trinajstić information content (AvgIpc) is 0.831. The number of amides is 1. The monoisotopic (exact) mass is 1950 g/mol. The maximum Gasteiger partial charge on any atom is 0.255 e. The number of hydrogen-bond donors (Lipinski definition) is 5. The average molecular weight is 1950 g/mol. The Balaban J connectivity index is 0.000000352. The Morgan fingerprint density at radius 2 is 0.507 bits per heavy atom. The molecule has 10 rings (SSSR count). The van der Waals surface area contributed by atoms with E-state index in [-0.39, 0.29) is 36.7 Å². The van der Waals surface area contributed by atoms with Crippen LogP contribution in [0.15, 0.2) is 289 Å².